The summed E-state index contributed by atoms with van der Waals surface area (Å²) in [4.78, 5) is 25.0. The van der Waals surface area contributed by atoms with Crippen LogP contribution < -0.4 is 16.0 Å². The highest BCUT2D eigenvalue weighted by Crippen LogP contribution is 2.15. The zero-order chi connectivity index (χ0) is 18.3. The van der Waals surface area contributed by atoms with Gasteiger partial charge in [-0.05, 0) is 24.3 Å². The normalized spacial score (nSPS) is 10.2. The average molecular weight is 357 g/mol. The van der Waals surface area contributed by atoms with Crippen molar-refractivity contribution in [2.24, 2.45) is 0 Å². The predicted octanol–water partition coefficient (Wildman–Crippen LogP) is 3.29. The number of anilines is 6. The van der Waals surface area contributed by atoms with Crippen LogP contribution >= 0.6 is 0 Å². The molecule has 9 heteroatoms. The Kier molecular flexibility index (Phi) is 4.74. The molecule has 0 aliphatic heterocycles. The molecule has 2 heterocycles. The van der Waals surface area contributed by atoms with E-state index >= 15 is 0 Å². The van der Waals surface area contributed by atoms with Crippen LogP contribution in [0.4, 0.5) is 35.2 Å². The third-order valence-corrected chi connectivity index (χ3v) is 3.43. The van der Waals surface area contributed by atoms with Crippen molar-refractivity contribution >= 4 is 35.2 Å². The van der Waals surface area contributed by atoms with E-state index in [0.29, 0.717) is 23.8 Å². The monoisotopic (exact) mass is 357 g/mol. The first-order chi connectivity index (χ1) is 13.3. The Balaban J connectivity index is 1.47. The van der Waals surface area contributed by atoms with Gasteiger partial charge in [-0.2, -0.15) is 9.97 Å². The first-order valence-corrected chi connectivity index (χ1v) is 8.14. The summed E-state index contributed by atoms with van der Waals surface area (Å²) in [6, 6.07) is 19.3. The predicted molar refractivity (Wildman–Crippen MR) is 102 cm³/mol. The Hall–Kier alpha value is -4.14. The van der Waals surface area contributed by atoms with Gasteiger partial charge in [0.25, 0.3) is 0 Å². The van der Waals surface area contributed by atoms with Crippen LogP contribution in [0, 0.1) is 0 Å². The van der Waals surface area contributed by atoms with Gasteiger partial charge in [0.15, 0.2) is 0 Å². The molecule has 9 nitrogen and oxygen atoms in total. The third-order valence-electron chi connectivity index (χ3n) is 3.43. The molecular formula is C18H15N9. The van der Waals surface area contributed by atoms with Crippen LogP contribution in [0.2, 0.25) is 0 Å². The molecule has 0 amide bonds. The number of rotatable bonds is 6. The summed E-state index contributed by atoms with van der Waals surface area (Å²) in [5, 5.41) is 9.16. The molecule has 0 aliphatic carbocycles. The van der Waals surface area contributed by atoms with Crippen LogP contribution in [0.1, 0.15) is 0 Å². The Morgan fingerprint density at radius 2 is 0.815 bits per heavy atom. The summed E-state index contributed by atoms with van der Waals surface area (Å²) in [6.45, 7) is 0. The van der Waals surface area contributed by atoms with E-state index in [0.717, 1.165) is 11.4 Å². The maximum absolute atomic E-state index is 4.31. The van der Waals surface area contributed by atoms with E-state index < -0.39 is 0 Å². The van der Waals surface area contributed by atoms with Crippen molar-refractivity contribution in [2.45, 2.75) is 0 Å². The lowest BCUT2D eigenvalue weighted by atomic mass is 10.3. The van der Waals surface area contributed by atoms with Crippen molar-refractivity contribution in [3.8, 4) is 0 Å². The second kappa shape index (κ2) is 7.83. The molecule has 4 rings (SSSR count). The van der Waals surface area contributed by atoms with E-state index in [4.69, 9.17) is 0 Å². The molecule has 0 saturated heterocycles. The first-order valence-electron chi connectivity index (χ1n) is 8.14. The van der Waals surface area contributed by atoms with Crippen molar-refractivity contribution in [3.63, 3.8) is 0 Å². The lowest BCUT2D eigenvalue weighted by Gasteiger charge is -2.08. The molecule has 2 aromatic heterocycles. The molecule has 0 unspecified atom stereocenters. The number of nitrogens with one attached hydrogen (secondary N) is 3. The highest BCUT2D eigenvalue weighted by atomic mass is 15.3. The molecule has 27 heavy (non-hydrogen) atoms. The highest BCUT2D eigenvalue weighted by Gasteiger charge is 2.06. The van der Waals surface area contributed by atoms with E-state index in [2.05, 4.69) is 45.9 Å². The van der Waals surface area contributed by atoms with Gasteiger partial charge >= 0.3 is 0 Å². The van der Waals surface area contributed by atoms with Crippen molar-refractivity contribution in [2.75, 3.05) is 16.0 Å². The minimum Gasteiger partial charge on any atom is -0.324 e. The average Bonchev–Trinajstić information content (AvgIpc) is 2.70. The second-order valence-corrected chi connectivity index (χ2v) is 5.37. The van der Waals surface area contributed by atoms with Crippen LogP contribution in [0.25, 0.3) is 0 Å². The van der Waals surface area contributed by atoms with Gasteiger partial charge in [0, 0.05) is 11.4 Å². The molecule has 0 aliphatic rings. The lowest BCUT2D eigenvalue weighted by Crippen LogP contribution is -2.06. The molecule has 0 saturated carbocycles. The van der Waals surface area contributed by atoms with Crippen molar-refractivity contribution in [1.29, 1.82) is 0 Å². The standard InChI is InChI=1S/C18H15N9/c1-3-7-13(8-4-1)23-15-19-11-21-17(25-15)27-18-22-12-20-16(26-18)24-14-9-5-2-6-10-14/h1-12H,(H3,19,20,21,22,23,24,25,26,27). The zero-order valence-electron chi connectivity index (χ0n) is 14.1. The largest absolute Gasteiger partial charge is 0.324 e. The molecule has 4 aromatic rings. The van der Waals surface area contributed by atoms with Crippen LogP contribution in [0.3, 0.4) is 0 Å². The molecule has 3 N–H and O–H groups in total. The van der Waals surface area contributed by atoms with Gasteiger partial charge in [-0.1, -0.05) is 36.4 Å². The smallest absolute Gasteiger partial charge is 0.234 e. The zero-order valence-corrected chi connectivity index (χ0v) is 14.1. The SMILES string of the molecule is c1ccc(Nc2ncnc(Nc3ncnc(Nc4ccccc4)n3)n2)cc1. The van der Waals surface area contributed by atoms with Gasteiger partial charge in [0.05, 0.1) is 0 Å². The molecule has 0 fully saturated rings. The van der Waals surface area contributed by atoms with Gasteiger partial charge < -0.3 is 10.6 Å². The molecule has 132 valence electrons. The van der Waals surface area contributed by atoms with E-state index in [9.17, 15) is 0 Å². The molecule has 0 spiro atoms. The molecule has 0 radical (unpaired) electrons. The lowest BCUT2D eigenvalue weighted by molar-refractivity contribution is 1.02. The number of hydrogen-bond donors (Lipinski definition) is 3. The fourth-order valence-electron chi connectivity index (χ4n) is 2.23. The maximum Gasteiger partial charge on any atom is 0.234 e. The number of hydrogen-bond acceptors (Lipinski definition) is 9. The topological polar surface area (TPSA) is 113 Å². The highest BCUT2D eigenvalue weighted by molar-refractivity contribution is 5.56. The van der Waals surface area contributed by atoms with Crippen LogP contribution in [-0.2, 0) is 0 Å². The van der Waals surface area contributed by atoms with Gasteiger partial charge in [-0.25, -0.2) is 19.9 Å². The summed E-state index contributed by atoms with van der Waals surface area (Å²) in [7, 11) is 0. The Labute approximate surface area is 155 Å². The summed E-state index contributed by atoms with van der Waals surface area (Å²) in [6.07, 6.45) is 2.82. The molecule has 2 aromatic carbocycles. The summed E-state index contributed by atoms with van der Waals surface area (Å²) in [5.41, 5.74) is 1.76. The number of benzene rings is 2. The van der Waals surface area contributed by atoms with Gasteiger partial charge in [0.1, 0.15) is 12.7 Å². The van der Waals surface area contributed by atoms with E-state index in [1.807, 2.05) is 60.7 Å². The minimum absolute atomic E-state index is 0.320. The van der Waals surface area contributed by atoms with Gasteiger partial charge in [-0.3, -0.25) is 5.32 Å². The molecule has 0 bridgehead atoms. The van der Waals surface area contributed by atoms with Crippen LogP contribution in [0.15, 0.2) is 73.3 Å². The van der Waals surface area contributed by atoms with Gasteiger partial charge in [-0.15, -0.1) is 0 Å². The van der Waals surface area contributed by atoms with E-state index in [1.165, 1.54) is 12.7 Å². The Morgan fingerprint density at radius 1 is 0.444 bits per heavy atom. The summed E-state index contributed by atoms with van der Waals surface area (Å²) < 4.78 is 0. The fourth-order valence-corrected chi connectivity index (χ4v) is 2.23. The Bertz CT molecular complexity index is 926. The third kappa shape index (κ3) is 4.48. The van der Waals surface area contributed by atoms with Crippen molar-refractivity contribution in [3.05, 3.63) is 73.3 Å². The molecule has 0 atom stereocenters. The molecular weight excluding hydrogens is 342 g/mol. The number of para-hydroxylation sites is 2. The van der Waals surface area contributed by atoms with Crippen LogP contribution in [-0.4, -0.2) is 29.9 Å². The summed E-state index contributed by atoms with van der Waals surface area (Å²) in [5.74, 6) is 1.46. The second-order valence-electron chi connectivity index (χ2n) is 5.37. The Morgan fingerprint density at radius 3 is 1.22 bits per heavy atom. The number of aromatic nitrogens is 6. The summed E-state index contributed by atoms with van der Waals surface area (Å²) >= 11 is 0. The van der Waals surface area contributed by atoms with Crippen molar-refractivity contribution < 1.29 is 0 Å². The first kappa shape index (κ1) is 16.3. The van der Waals surface area contributed by atoms with Crippen molar-refractivity contribution in [1.82, 2.24) is 29.9 Å². The maximum atomic E-state index is 4.31. The minimum atomic E-state index is 0.320. The fraction of sp³-hybridized carbons (Fsp3) is 0. The van der Waals surface area contributed by atoms with Crippen LogP contribution in [0.5, 0.6) is 0 Å². The van der Waals surface area contributed by atoms with E-state index in [1.54, 1.807) is 0 Å². The van der Waals surface area contributed by atoms with Gasteiger partial charge in [0.2, 0.25) is 23.8 Å². The number of nitrogens with zero attached hydrogens (tertiary/aromatic N) is 6. The quantitative estimate of drug-likeness (QED) is 0.478. The van der Waals surface area contributed by atoms with E-state index in [-0.39, 0.29) is 0 Å².